The van der Waals surface area contributed by atoms with E-state index in [0.717, 1.165) is 0 Å². The summed E-state index contributed by atoms with van der Waals surface area (Å²) in [5.41, 5.74) is 2.37. The highest BCUT2D eigenvalue weighted by molar-refractivity contribution is 6.35. The number of nitrogens with zero attached hydrogens (tertiary/aromatic N) is 1. The Morgan fingerprint density at radius 3 is 3.09 bits per heavy atom. The largest absolute Gasteiger partial charge is 0.460 e. The number of hydroxylamine groups is 1. The molecule has 0 amide bonds. The zero-order chi connectivity index (χ0) is 8.27. The molecule has 0 spiro atoms. The lowest BCUT2D eigenvalue weighted by Crippen LogP contribution is -2.28. The van der Waals surface area contributed by atoms with Gasteiger partial charge < -0.3 is 4.74 Å². The van der Waals surface area contributed by atoms with Crippen LogP contribution in [0.1, 0.15) is 13.8 Å². The zero-order valence-electron chi connectivity index (χ0n) is 6.46. The first-order valence-electron chi connectivity index (χ1n) is 3.40. The molecule has 1 heterocycles. The molecule has 0 aromatic heterocycles. The van der Waals surface area contributed by atoms with Crippen LogP contribution in [0.15, 0.2) is 4.99 Å². The molecule has 0 aromatic carbocycles. The number of amidine groups is 1. The summed E-state index contributed by atoms with van der Waals surface area (Å²) in [6.45, 7) is 3.80. The van der Waals surface area contributed by atoms with Gasteiger partial charge in [0.15, 0.2) is 6.23 Å². The maximum Gasteiger partial charge on any atom is 0.375 e. The molecule has 62 valence electrons. The van der Waals surface area contributed by atoms with E-state index in [-0.39, 0.29) is 12.1 Å². The molecule has 1 aliphatic rings. The second kappa shape index (κ2) is 3.34. The Balaban J connectivity index is 2.48. The predicted molar refractivity (Wildman–Crippen MR) is 37.8 cm³/mol. The fraction of sp³-hybridized carbons (Fsp3) is 0.667. The molecule has 0 saturated heterocycles. The first kappa shape index (κ1) is 8.00. The van der Waals surface area contributed by atoms with Crippen LogP contribution in [0.4, 0.5) is 0 Å². The van der Waals surface area contributed by atoms with Gasteiger partial charge in [-0.15, -0.1) is 0 Å². The van der Waals surface area contributed by atoms with Crippen molar-refractivity contribution in [3.05, 3.63) is 0 Å². The lowest BCUT2D eigenvalue weighted by molar-refractivity contribution is -0.135. The number of aliphatic imine (C=N–C) groups is 1. The van der Waals surface area contributed by atoms with Crippen LogP contribution in [0.2, 0.25) is 0 Å². The highest BCUT2D eigenvalue weighted by Gasteiger charge is 2.20. The number of carbonyl (C=O) groups excluding carboxylic acids is 1. The van der Waals surface area contributed by atoms with E-state index in [1.54, 1.807) is 13.8 Å². The van der Waals surface area contributed by atoms with Gasteiger partial charge in [0.05, 0.1) is 6.61 Å². The summed E-state index contributed by atoms with van der Waals surface area (Å²) >= 11 is 0. The second-order valence-corrected chi connectivity index (χ2v) is 2.02. The van der Waals surface area contributed by atoms with Crippen molar-refractivity contribution in [1.82, 2.24) is 5.48 Å². The Labute approximate surface area is 64.3 Å². The molecule has 0 bridgehead atoms. The van der Waals surface area contributed by atoms with Gasteiger partial charge in [0.1, 0.15) is 0 Å². The lowest BCUT2D eigenvalue weighted by Gasteiger charge is -1.99. The molecule has 1 N–H and O–H groups in total. The molecule has 5 heteroatoms. The average Bonchev–Trinajstić information content (AvgIpc) is 2.36. The third-order valence-corrected chi connectivity index (χ3v) is 1.11. The van der Waals surface area contributed by atoms with E-state index < -0.39 is 5.97 Å². The van der Waals surface area contributed by atoms with Crippen LogP contribution in [-0.2, 0) is 14.4 Å². The molecule has 0 fully saturated rings. The van der Waals surface area contributed by atoms with E-state index in [4.69, 9.17) is 4.84 Å². The minimum absolute atomic E-state index is 0.138. The molecule has 1 rings (SSSR count). The summed E-state index contributed by atoms with van der Waals surface area (Å²) in [5, 5.41) is 0. The molecule has 0 aromatic rings. The molecule has 0 aliphatic carbocycles. The first-order valence-corrected chi connectivity index (χ1v) is 3.40. The smallest absolute Gasteiger partial charge is 0.375 e. The first-order chi connectivity index (χ1) is 5.24. The van der Waals surface area contributed by atoms with Crippen molar-refractivity contribution in [2.24, 2.45) is 4.99 Å². The fourth-order valence-electron chi connectivity index (χ4n) is 0.669. The number of hydrogen-bond donors (Lipinski definition) is 1. The minimum atomic E-state index is -0.475. The van der Waals surface area contributed by atoms with Crippen LogP contribution in [-0.4, -0.2) is 24.6 Å². The van der Waals surface area contributed by atoms with Crippen LogP contribution in [0.25, 0.3) is 0 Å². The fourth-order valence-corrected chi connectivity index (χ4v) is 0.669. The van der Waals surface area contributed by atoms with Gasteiger partial charge in [-0.3, -0.25) is 0 Å². The third-order valence-electron chi connectivity index (χ3n) is 1.11. The molecule has 5 nitrogen and oxygen atoms in total. The van der Waals surface area contributed by atoms with Gasteiger partial charge in [-0.25, -0.2) is 20.1 Å². The number of esters is 1. The topological polar surface area (TPSA) is 59.9 Å². The van der Waals surface area contributed by atoms with E-state index in [1.807, 2.05) is 0 Å². The van der Waals surface area contributed by atoms with E-state index in [1.165, 1.54) is 0 Å². The van der Waals surface area contributed by atoms with Crippen molar-refractivity contribution in [1.29, 1.82) is 0 Å². The summed E-state index contributed by atoms with van der Waals surface area (Å²) < 4.78 is 4.66. The molecule has 1 atom stereocenters. The Hall–Kier alpha value is -1.10. The molecule has 11 heavy (non-hydrogen) atoms. The number of nitrogens with one attached hydrogen (secondary N) is 1. The van der Waals surface area contributed by atoms with Crippen molar-refractivity contribution in [3.63, 3.8) is 0 Å². The molecule has 1 aliphatic heterocycles. The van der Waals surface area contributed by atoms with Crippen molar-refractivity contribution in [3.8, 4) is 0 Å². The monoisotopic (exact) mass is 158 g/mol. The number of ether oxygens (including phenoxy) is 1. The Morgan fingerprint density at radius 2 is 2.64 bits per heavy atom. The Morgan fingerprint density at radius 1 is 1.91 bits per heavy atom. The average molecular weight is 158 g/mol. The second-order valence-electron chi connectivity index (χ2n) is 2.02. The van der Waals surface area contributed by atoms with Gasteiger partial charge in [0.2, 0.25) is 5.84 Å². The standard InChI is InChI=1S/C6H10N2O3/c1-3-10-6(9)5-7-4(2)11-8-5/h4H,3H2,1-2H3,(H,7,8). The normalized spacial score (nSPS) is 22.4. The van der Waals surface area contributed by atoms with Gasteiger partial charge >= 0.3 is 5.97 Å². The van der Waals surface area contributed by atoms with E-state index in [2.05, 4.69) is 15.2 Å². The quantitative estimate of drug-likeness (QED) is 0.567. The molecule has 1 unspecified atom stereocenters. The van der Waals surface area contributed by atoms with Crippen LogP contribution in [0, 0.1) is 0 Å². The minimum Gasteiger partial charge on any atom is -0.460 e. The number of hydrogen-bond acceptors (Lipinski definition) is 5. The Kier molecular flexibility index (Phi) is 2.43. The highest BCUT2D eigenvalue weighted by Crippen LogP contribution is 1.99. The maximum atomic E-state index is 10.9. The van der Waals surface area contributed by atoms with Gasteiger partial charge in [-0.2, -0.15) is 0 Å². The summed E-state index contributed by atoms with van der Waals surface area (Å²) in [4.78, 5) is 19.5. The highest BCUT2D eigenvalue weighted by atomic mass is 16.7. The van der Waals surface area contributed by atoms with Gasteiger partial charge in [0, 0.05) is 0 Å². The summed E-state index contributed by atoms with van der Waals surface area (Å²) in [7, 11) is 0. The molecule has 0 saturated carbocycles. The summed E-state index contributed by atoms with van der Waals surface area (Å²) in [5.74, 6) is -0.337. The maximum absolute atomic E-state index is 10.9. The van der Waals surface area contributed by atoms with Crippen molar-refractivity contribution >= 4 is 11.8 Å². The van der Waals surface area contributed by atoms with Gasteiger partial charge in [0.25, 0.3) is 0 Å². The van der Waals surface area contributed by atoms with E-state index in [9.17, 15) is 4.79 Å². The summed E-state index contributed by atoms with van der Waals surface area (Å²) in [6.07, 6.45) is -0.311. The van der Waals surface area contributed by atoms with Crippen molar-refractivity contribution < 1.29 is 14.4 Å². The molecular weight excluding hydrogens is 148 g/mol. The van der Waals surface area contributed by atoms with E-state index in [0.29, 0.717) is 6.61 Å². The zero-order valence-corrected chi connectivity index (χ0v) is 6.46. The number of carbonyl (C=O) groups is 1. The van der Waals surface area contributed by atoms with Crippen molar-refractivity contribution in [2.45, 2.75) is 20.1 Å². The van der Waals surface area contributed by atoms with Crippen molar-refractivity contribution in [2.75, 3.05) is 6.61 Å². The van der Waals surface area contributed by atoms with Crippen LogP contribution >= 0.6 is 0 Å². The van der Waals surface area contributed by atoms with Gasteiger partial charge in [-0.1, -0.05) is 0 Å². The molecular formula is C6H10N2O3. The van der Waals surface area contributed by atoms with Crippen LogP contribution in [0.5, 0.6) is 0 Å². The van der Waals surface area contributed by atoms with Crippen LogP contribution < -0.4 is 5.48 Å². The van der Waals surface area contributed by atoms with Crippen LogP contribution in [0.3, 0.4) is 0 Å². The predicted octanol–water partition coefficient (Wildman–Crippen LogP) is -0.171. The summed E-state index contributed by atoms with van der Waals surface area (Å²) in [6, 6.07) is 0. The third kappa shape index (κ3) is 1.91. The van der Waals surface area contributed by atoms with E-state index >= 15 is 0 Å². The number of rotatable bonds is 2. The van der Waals surface area contributed by atoms with Gasteiger partial charge in [-0.05, 0) is 13.8 Å². The molecule has 0 radical (unpaired) electrons. The Bertz CT molecular complexity index is 190. The lowest BCUT2D eigenvalue weighted by atomic mass is 10.6. The SMILES string of the molecule is CCOC(=O)C1=NC(C)ON1.